The zero-order chi connectivity index (χ0) is 15.8. The van der Waals surface area contributed by atoms with E-state index in [4.69, 9.17) is 0 Å². The van der Waals surface area contributed by atoms with Crippen molar-refractivity contribution in [1.29, 1.82) is 0 Å². The maximum Gasteiger partial charge on any atom is 0.251 e. The van der Waals surface area contributed by atoms with Crippen molar-refractivity contribution in [2.45, 2.75) is 32.2 Å². The number of fused-ring (bicyclic) bond motifs is 3. The van der Waals surface area contributed by atoms with Gasteiger partial charge in [0.2, 0.25) is 0 Å². The Morgan fingerprint density at radius 3 is 2.74 bits per heavy atom. The van der Waals surface area contributed by atoms with E-state index in [1.165, 1.54) is 27.7 Å². The summed E-state index contributed by atoms with van der Waals surface area (Å²) in [5, 5.41) is 4.51. The first-order chi connectivity index (χ1) is 11.2. The number of carbonyl (C=O) groups excluding carboxylic acids is 1. The number of nitrogens with one attached hydrogen (secondary N) is 2. The van der Waals surface area contributed by atoms with Gasteiger partial charge >= 0.3 is 0 Å². The molecular weight excluding hydrogens is 284 g/mol. The molecule has 1 aromatic heterocycles. The van der Waals surface area contributed by atoms with E-state index in [1.54, 1.807) is 0 Å². The van der Waals surface area contributed by atoms with Crippen molar-refractivity contribution < 1.29 is 4.79 Å². The lowest BCUT2D eigenvalue weighted by Crippen LogP contribution is -2.38. The maximum atomic E-state index is 12.4. The fraction of sp³-hybridized carbons (Fsp3) is 0.250. The highest BCUT2D eigenvalue weighted by molar-refractivity contribution is 5.94. The Labute approximate surface area is 135 Å². The molecule has 1 atom stereocenters. The van der Waals surface area contributed by atoms with Crippen molar-refractivity contribution in [2.24, 2.45) is 0 Å². The number of carbonyl (C=O) groups is 1. The standard InChI is InChI=1S/C20H20N2O/c1-13-6-8-14(9-7-13)20(23)21-15-10-11-17-16-4-2-3-5-18(16)22-19(17)12-15/h2-9,15,22H,10-12H2,1H3,(H,21,23). The van der Waals surface area contributed by atoms with Crippen LogP contribution in [0.1, 0.15) is 33.6 Å². The molecule has 2 aromatic carbocycles. The smallest absolute Gasteiger partial charge is 0.251 e. The SMILES string of the molecule is Cc1ccc(C(=O)NC2CCc3c([nH]c4ccccc34)C2)cc1. The summed E-state index contributed by atoms with van der Waals surface area (Å²) in [4.78, 5) is 15.9. The third-order valence-electron chi connectivity index (χ3n) is 4.74. The molecule has 1 amide bonds. The Morgan fingerprint density at radius 1 is 1.13 bits per heavy atom. The van der Waals surface area contributed by atoms with Crippen molar-refractivity contribution in [3.05, 3.63) is 70.9 Å². The minimum atomic E-state index is 0.0227. The first-order valence-corrected chi connectivity index (χ1v) is 8.17. The molecule has 0 saturated heterocycles. The van der Waals surface area contributed by atoms with Gasteiger partial charge in [0.15, 0.2) is 0 Å². The predicted molar refractivity (Wildman–Crippen MR) is 92.8 cm³/mol. The Morgan fingerprint density at radius 2 is 1.91 bits per heavy atom. The molecule has 1 aliphatic rings. The molecule has 1 aliphatic carbocycles. The van der Waals surface area contributed by atoms with E-state index in [2.05, 4.69) is 34.6 Å². The molecular formula is C20H20N2O. The number of para-hydroxylation sites is 1. The molecule has 3 heteroatoms. The molecule has 1 unspecified atom stereocenters. The van der Waals surface area contributed by atoms with Gasteiger partial charge in [0.1, 0.15) is 0 Å². The van der Waals surface area contributed by atoms with Crippen LogP contribution in [-0.4, -0.2) is 16.9 Å². The number of aromatic amines is 1. The number of hydrogen-bond acceptors (Lipinski definition) is 1. The molecule has 4 rings (SSSR count). The quantitative estimate of drug-likeness (QED) is 0.744. The molecule has 3 nitrogen and oxygen atoms in total. The summed E-state index contributed by atoms with van der Waals surface area (Å²) in [5.41, 5.74) is 5.79. The van der Waals surface area contributed by atoms with Crippen molar-refractivity contribution in [1.82, 2.24) is 10.3 Å². The fourth-order valence-corrected chi connectivity index (χ4v) is 3.48. The van der Waals surface area contributed by atoms with Gasteiger partial charge < -0.3 is 10.3 Å². The van der Waals surface area contributed by atoms with Gasteiger partial charge in [-0.1, -0.05) is 35.9 Å². The Kier molecular flexibility index (Phi) is 3.41. The van der Waals surface area contributed by atoms with Crippen molar-refractivity contribution >= 4 is 16.8 Å². The van der Waals surface area contributed by atoms with Gasteiger partial charge in [-0.05, 0) is 43.5 Å². The number of H-pyrrole nitrogens is 1. The molecule has 0 fully saturated rings. The van der Waals surface area contributed by atoms with Gasteiger partial charge in [0.05, 0.1) is 0 Å². The second-order valence-electron chi connectivity index (χ2n) is 6.41. The monoisotopic (exact) mass is 304 g/mol. The lowest BCUT2D eigenvalue weighted by Gasteiger charge is -2.23. The number of hydrogen-bond donors (Lipinski definition) is 2. The number of aromatic nitrogens is 1. The van der Waals surface area contributed by atoms with E-state index in [-0.39, 0.29) is 11.9 Å². The first-order valence-electron chi connectivity index (χ1n) is 8.17. The van der Waals surface area contributed by atoms with E-state index in [1.807, 2.05) is 31.2 Å². The summed E-state index contributed by atoms with van der Waals surface area (Å²) >= 11 is 0. The minimum Gasteiger partial charge on any atom is -0.358 e. The van der Waals surface area contributed by atoms with Crippen LogP contribution in [0.25, 0.3) is 10.9 Å². The van der Waals surface area contributed by atoms with Gasteiger partial charge in [0, 0.05) is 34.6 Å². The van der Waals surface area contributed by atoms with Crippen LogP contribution < -0.4 is 5.32 Å². The van der Waals surface area contributed by atoms with Crippen molar-refractivity contribution in [3.63, 3.8) is 0 Å². The highest BCUT2D eigenvalue weighted by Gasteiger charge is 2.23. The second kappa shape index (κ2) is 5.58. The number of amides is 1. The molecule has 0 aliphatic heterocycles. The van der Waals surface area contributed by atoms with Gasteiger partial charge in [-0.2, -0.15) is 0 Å². The van der Waals surface area contributed by atoms with Crippen molar-refractivity contribution in [3.8, 4) is 0 Å². The summed E-state index contributed by atoms with van der Waals surface area (Å²) in [6.45, 7) is 2.03. The van der Waals surface area contributed by atoms with Gasteiger partial charge in [-0.15, -0.1) is 0 Å². The molecule has 0 saturated carbocycles. The van der Waals surface area contributed by atoms with E-state index in [0.717, 1.165) is 24.8 Å². The highest BCUT2D eigenvalue weighted by atomic mass is 16.1. The Balaban J connectivity index is 1.52. The van der Waals surface area contributed by atoms with Crippen LogP contribution in [-0.2, 0) is 12.8 Å². The van der Waals surface area contributed by atoms with Gasteiger partial charge in [-0.25, -0.2) is 0 Å². The number of rotatable bonds is 2. The second-order valence-corrected chi connectivity index (χ2v) is 6.41. The summed E-state index contributed by atoms with van der Waals surface area (Å²) < 4.78 is 0. The third kappa shape index (κ3) is 2.63. The molecule has 23 heavy (non-hydrogen) atoms. The van der Waals surface area contributed by atoms with Gasteiger partial charge in [-0.3, -0.25) is 4.79 Å². The van der Waals surface area contributed by atoms with Crippen molar-refractivity contribution in [2.75, 3.05) is 0 Å². The van der Waals surface area contributed by atoms with Crippen LogP contribution in [0.2, 0.25) is 0 Å². The van der Waals surface area contributed by atoms with Crippen LogP contribution >= 0.6 is 0 Å². The van der Waals surface area contributed by atoms with E-state index in [0.29, 0.717) is 0 Å². The molecule has 3 aromatic rings. The van der Waals surface area contributed by atoms with E-state index >= 15 is 0 Å². The zero-order valence-electron chi connectivity index (χ0n) is 13.2. The van der Waals surface area contributed by atoms with Gasteiger partial charge in [0.25, 0.3) is 5.91 Å². The minimum absolute atomic E-state index is 0.0227. The molecule has 116 valence electrons. The molecule has 2 N–H and O–H groups in total. The lowest BCUT2D eigenvalue weighted by atomic mass is 9.91. The summed E-state index contributed by atoms with van der Waals surface area (Å²) in [6.07, 6.45) is 2.88. The predicted octanol–water partition coefficient (Wildman–Crippen LogP) is 3.76. The summed E-state index contributed by atoms with van der Waals surface area (Å²) in [6, 6.07) is 16.4. The summed E-state index contributed by atoms with van der Waals surface area (Å²) in [5.74, 6) is 0.0227. The summed E-state index contributed by atoms with van der Waals surface area (Å²) in [7, 11) is 0. The van der Waals surface area contributed by atoms with Crippen LogP contribution in [0.5, 0.6) is 0 Å². The maximum absolute atomic E-state index is 12.4. The molecule has 0 bridgehead atoms. The lowest BCUT2D eigenvalue weighted by molar-refractivity contribution is 0.0933. The number of aryl methyl sites for hydroxylation is 2. The fourth-order valence-electron chi connectivity index (χ4n) is 3.48. The largest absolute Gasteiger partial charge is 0.358 e. The average Bonchev–Trinajstić information content (AvgIpc) is 2.93. The van der Waals surface area contributed by atoms with Crippen LogP contribution in [0.15, 0.2) is 48.5 Å². The van der Waals surface area contributed by atoms with Crippen LogP contribution in [0.3, 0.4) is 0 Å². The average molecular weight is 304 g/mol. The molecule has 0 spiro atoms. The highest BCUT2D eigenvalue weighted by Crippen LogP contribution is 2.29. The Hall–Kier alpha value is -2.55. The Bertz CT molecular complexity index is 861. The molecule has 1 heterocycles. The first kappa shape index (κ1) is 14.1. The van der Waals surface area contributed by atoms with Crippen LogP contribution in [0, 0.1) is 6.92 Å². The van der Waals surface area contributed by atoms with E-state index < -0.39 is 0 Å². The number of benzene rings is 2. The topological polar surface area (TPSA) is 44.9 Å². The molecule has 0 radical (unpaired) electrons. The third-order valence-corrected chi connectivity index (χ3v) is 4.74. The zero-order valence-corrected chi connectivity index (χ0v) is 13.2. The normalized spacial score (nSPS) is 17.0. The van der Waals surface area contributed by atoms with E-state index in [9.17, 15) is 4.79 Å². The van der Waals surface area contributed by atoms with Crippen LogP contribution in [0.4, 0.5) is 0 Å².